The first-order valence-corrected chi connectivity index (χ1v) is 7.22. The van der Waals surface area contributed by atoms with Crippen molar-refractivity contribution in [1.82, 2.24) is 0 Å². The fourth-order valence-corrected chi connectivity index (χ4v) is 1.88. The van der Waals surface area contributed by atoms with Crippen molar-refractivity contribution in [2.75, 3.05) is 24.3 Å². The second-order valence-corrected chi connectivity index (χ2v) is 5.30. The van der Waals surface area contributed by atoms with E-state index in [2.05, 4.69) is 15.3 Å². The van der Waals surface area contributed by atoms with E-state index in [-0.39, 0.29) is 5.69 Å². The summed E-state index contributed by atoms with van der Waals surface area (Å²) in [6.07, 6.45) is -3.97. The summed E-state index contributed by atoms with van der Waals surface area (Å²) in [5.74, 6) is 0. The van der Waals surface area contributed by atoms with Crippen LogP contribution < -0.4 is 10.2 Å². The summed E-state index contributed by atoms with van der Waals surface area (Å²) in [5, 5.41) is 5.82. The molecule has 8 heteroatoms. The lowest BCUT2D eigenvalue weighted by Crippen LogP contribution is -2.11. The van der Waals surface area contributed by atoms with Crippen molar-refractivity contribution >= 4 is 23.7 Å². The van der Waals surface area contributed by atoms with E-state index in [1.807, 2.05) is 31.1 Å². The van der Waals surface area contributed by atoms with Gasteiger partial charge >= 0.3 is 12.3 Å². The predicted octanol–water partition coefficient (Wildman–Crippen LogP) is 4.35. The molecule has 0 unspecified atom stereocenters. The van der Waals surface area contributed by atoms with Gasteiger partial charge in [-0.1, -0.05) is 17.3 Å². The number of carbonyl (C=O) groups is 1. The van der Waals surface area contributed by atoms with Crippen molar-refractivity contribution in [3.05, 3.63) is 59.7 Å². The summed E-state index contributed by atoms with van der Waals surface area (Å²) in [6.45, 7) is 0. The van der Waals surface area contributed by atoms with Crippen molar-refractivity contribution in [3.8, 4) is 0 Å². The molecule has 1 amide bonds. The van der Waals surface area contributed by atoms with E-state index in [4.69, 9.17) is 0 Å². The van der Waals surface area contributed by atoms with Gasteiger partial charge in [0, 0.05) is 25.5 Å². The van der Waals surface area contributed by atoms with Crippen LogP contribution in [0.5, 0.6) is 0 Å². The quantitative estimate of drug-likeness (QED) is 0.506. The van der Waals surface area contributed by atoms with Crippen molar-refractivity contribution in [2.24, 2.45) is 5.16 Å². The highest BCUT2D eigenvalue weighted by atomic mass is 19.4. The molecule has 0 radical (unpaired) electrons. The molecule has 0 aliphatic heterocycles. The van der Waals surface area contributed by atoms with Gasteiger partial charge in [0.05, 0.1) is 11.8 Å². The average Bonchev–Trinajstić information content (AvgIpc) is 2.55. The van der Waals surface area contributed by atoms with Gasteiger partial charge in [-0.25, -0.2) is 4.79 Å². The van der Waals surface area contributed by atoms with E-state index in [1.54, 1.807) is 12.1 Å². The summed E-state index contributed by atoms with van der Waals surface area (Å²) in [7, 11) is 3.83. The number of halogens is 3. The van der Waals surface area contributed by atoms with Crippen LogP contribution in [0.1, 0.15) is 11.1 Å². The number of rotatable bonds is 4. The van der Waals surface area contributed by atoms with E-state index in [0.29, 0.717) is 0 Å². The number of nitrogens with one attached hydrogen (secondary N) is 1. The second-order valence-electron chi connectivity index (χ2n) is 5.30. The molecule has 2 aromatic carbocycles. The second kappa shape index (κ2) is 7.69. The van der Waals surface area contributed by atoms with Crippen molar-refractivity contribution in [2.45, 2.75) is 6.18 Å². The standard InChI is InChI=1S/C17H16F3N3O2/c1-23(2)15-9-3-12(4-10-15)11-21-25-16(24)22-14-7-5-13(6-8-14)17(18,19)20/h3-11H,1-2H3,(H,22,24)/b21-11-. The molecule has 0 bridgehead atoms. The van der Waals surface area contributed by atoms with Crippen LogP contribution in [0.2, 0.25) is 0 Å². The Balaban J connectivity index is 1.87. The normalized spacial score (nSPS) is 11.4. The van der Waals surface area contributed by atoms with Gasteiger partial charge < -0.3 is 4.90 Å². The number of benzene rings is 2. The Kier molecular flexibility index (Phi) is 5.63. The van der Waals surface area contributed by atoms with Gasteiger partial charge in [-0.05, 0) is 42.0 Å². The monoisotopic (exact) mass is 351 g/mol. The minimum atomic E-state index is -4.43. The maximum atomic E-state index is 12.4. The van der Waals surface area contributed by atoms with E-state index in [0.717, 1.165) is 35.5 Å². The molecule has 0 saturated carbocycles. The molecular formula is C17H16F3N3O2. The molecule has 0 fully saturated rings. The van der Waals surface area contributed by atoms with Crippen molar-refractivity contribution in [3.63, 3.8) is 0 Å². The number of hydrogen-bond acceptors (Lipinski definition) is 4. The first-order chi connectivity index (χ1) is 11.8. The summed E-state index contributed by atoms with van der Waals surface area (Å²) in [4.78, 5) is 18.1. The number of alkyl halides is 3. The SMILES string of the molecule is CN(C)c1ccc(/C=N\OC(=O)Nc2ccc(C(F)(F)F)cc2)cc1. The fourth-order valence-electron chi connectivity index (χ4n) is 1.88. The molecule has 5 nitrogen and oxygen atoms in total. The van der Waals surface area contributed by atoms with Crippen LogP contribution in [-0.4, -0.2) is 26.4 Å². The van der Waals surface area contributed by atoms with E-state index in [1.165, 1.54) is 6.21 Å². The van der Waals surface area contributed by atoms with Gasteiger partial charge in [-0.2, -0.15) is 13.2 Å². The lowest BCUT2D eigenvalue weighted by molar-refractivity contribution is -0.137. The molecular weight excluding hydrogens is 335 g/mol. The van der Waals surface area contributed by atoms with Crippen LogP contribution in [0.15, 0.2) is 53.7 Å². The van der Waals surface area contributed by atoms with Crippen LogP contribution in [0.4, 0.5) is 29.3 Å². The molecule has 0 aliphatic carbocycles. The van der Waals surface area contributed by atoms with E-state index in [9.17, 15) is 18.0 Å². The van der Waals surface area contributed by atoms with Crippen LogP contribution in [0.25, 0.3) is 0 Å². The number of carbonyl (C=O) groups excluding carboxylic acids is 1. The lowest BCUT2D eigenvalue weighted by Gasteiger charge is -2.11. The fraction of sp³-hybridized carbons (Fsp3) is 0.176. The third-order valence-electron chi connectivity index (χ3n) is 3.21. The highest BCUT2D eigenvalue weighted by molar-refractivity contribution is 5.86. The Labute approximate surface area is 142 Å². The number of anilines is 2. The maximum Gasteiger partial charge on any atom is 0.437 e. The molecule has 1 N–H and O–H groups in total. The zero-order valence-electron chi connectivity index (χ0n) is 13.5. The van der Waals surface area contributed by atoms with E-state index >= 15 is 0 Å². The third kappa shape index (κ3) is 5.52. The molecule has 132 valence electrons. The largest absolute Gasteiger partial charge is 0.437 e. The average molecular weight is 351 g/mol. The van der Waals surface area contributed by atoms with Gasteiger partial charge in [-0.15, -0.1) is 0 Å². The Morgan fingerprint density at radius 1 is 1.08 bits per heavy atom. The number of hydrogen-bond donors (Lipinski definition) is 1. The Morgan fingerprint density at radius 2 is 1.68 bits per heavy atom. The smallest absolute Gasteiger partial charge is 0.378 e. The molecule has 0 spiro atoms. The van der Waals surface area contributed by atoms with Crippen LogP contribution in [0.3, 0.4) is 0 Å². The summed E-state index contributed by atoms with van der Waals surface area (Å²) in [5.41, 5.74) is 1.11. The van der Waals surface area contributed by atoms with Crippen LogP contribution in [-0.2, 0) is 11.0 Å². The molecule has 25 heavy (non-hydrogen) atoms. The highest BCUT2D eigenvalue weighted by Gasteiger charge is 2.29. The first-order valence-electron chi connectivity index (χ1n) is 7.22. The molecule has 0 aromatic heterocycles. The van der Waals surface area contributed by atoms with Gasteiger partial charge in [0.1, 0.15) is 0 Å². The number of oxime groups is 1. The summed E-state index contributed by atoms with van der Waals surface area (Å²) in [6, 6.07) is 11.4. The summed E-state index contributed by atoms with van der Waals surface area (Å²) >= 11 is 0. The van der Waals surface area contributed by atoms with Gasteiger partial charge in [0.2, 0.25) is 0 Å². The van der Waals surface area contributed by atoms with Gasteiger partial charge in [-0.3, -0.25) is 10.2 Å². The molecule has 2 aromatic rings. The molecule has 0 aliphatic rings. The van der Waals surface area contributed by atoms with E-state index < -0.39 is 17.8 Å². The lowest BCUT2D eigenvalue weighted by atomic mass is 10.2. The number of nitrogens with zero attached hydrogens (tertiary/aromatic N) is 2. The highest BCUT2D eigenvalue weighted by Crippen LogP contribution is 2.29. The first kappa shape index (κ1) is 18.3. The predicted molar refractivity (Wildman–Crippen MR) is 89.9 cm³/mol. The summed E-state index contributed by atoms with van der Waals surface area (Å²) < 4.78 is 37.3. The Bertz CT molecular complexity index is 739. The Hall–Kier alpha value is -3.03. The van der Waals surface area contributed by atoms with Crippen LogP contribution in [0, 0.1) is 0 Å². The molecule has 2 rings (SSSR count). The van der Waals surface area contributed by atoms with Crippen molar-refractivity contribution in [1.29, 1.82) is 0 Å². The third-order valence-corrected chi connectivity index (χ3v) is 3.21. The minimum Gasteiger partial charge on any atom is -0.378 e. The molecule has 0 saturated heterocycles. The maximum absolute atomic E-state index is 12.4. The van der Waals surface area contributed by atoms with Gasteiger partial charge in [0.25, 0.3) is 0 Å². The molecule has 0 atom stereocenters. The topological polar surface area (TPSA) is 53.9 Å². The Morgan fingerprint density at radius 3 is 2.20 bits per heavy atom. The van der Waals surface area contributed by atoms with Crippen LogP contribution >= 0.6 is 0 Å². The van der Waals surface area contributed by atoms with Gasteiger partial charge in [0.15, 0.2) is 0 Å². The zero-order valence-corrected chi connectivity index (χ0v) is 13.5. The zero-order chi connectivity index (χ0) is 18.4. The molecule has 0 heterocycles. The minimum absolute atomic E-state index is 0.170. The van der Waals surface area contributed by atoms with Crippen molar-refractivity contribution < 1.29 is 22.8 Å². The number of amides is 1.